The van der Waals surface area contributed by atoms with E-state index in [0.717, 1.165) is 12.1 Å². The van der Waals surface area contributed by atoms with Gasteiger partial charge in [-0.2, -0.15) is 0 Å². The normalized spacial score (nSPS) is 13.0. The molecular weight excluding hydrogens is 112 g/mol. The van der Waals surface area contributed by atoms with Crippen LogP contribution in [0.4, 0.5) is 0 Å². The average molecular weight is 126 g/mol. The van der Waals surface area contributed by atoms with Crippen LogP contribution in [0, 0.1) is 0 Å². The lowest BCUT2D eigenvalue weighted by molar-refractivity contribution is 1.22. The lowest BCUT2D eigenvalue weighted by Crippen LogP contribution is -2.10. The molecule has 9 heavy (non-hydrogen) atoms. The van der Waals surface area contributed by atoms with Crippen LogP contribution in [0.1, 0.15) is 13.3 Å². The molecule has 52 valence electrons. The van der Waals surface area contributed by atoms with E-state index in [2.05, 4.69) is 18.0 Å². The van der Waals surface area contributed by atoms with Gasteiger partial charge in [-0.05, 0) is 12.5 Å². The van der Waals surface area contributed by atoms with Crippen LogP contribution < -0.4 is 5.73 Å². The summed E-state index contributed by atoms with van der Waals surface area (Å²) in [5.41, 5.74) is 6.30. The summed E-state index contributed by atoms with van der Waals surface area (Å²) >= 11 is 0. The fourth-order valence-corrected chi connectivity index (χ4v) is 0.488. The molecule has 0 heterocycles. The van der Waals surface area contributed by atoms with Crippen molar-refractivity contribution in [2.75, 3.05) is 13.6 Å². The predicted octanol–water partition coefficient (Wildman–Crippen LogP) is 0.982. The van der Waals surface area contributed by atoms with E-state index < -0.39 is 0 Å². The molecular formula is C7H14N2. The smallest absolute Gasteiger partial charge is 0.0477 e. The highest BCUT2D eigenvalue weighted by molar-refractivity contribution is 5.96. The fraction of sp³-hybridized carbons (Fsp3) is 0.571. The molecule has 0 bridgehead atoms. The van der Waals surface area contributed by atoms with Crippen LogP contribution >= 0.6 is 0 Å². The number of rotatable bonds is 3. The molecule has 0 unspecified atom stereocenters. The number of nitrogens with two attached hydrogens (primary N) is 1. The summed E-state index contributed by atoms with van der Waals surface area (Å²) in [7, 11) is 1.75. The second kappa shape index (κ2) is 5.51. The Kier molecular flexibility index (Phi) is 5.12. The van der Waals surface area contributed by atoms with Gasteiger partial charge in [0.05, 0.1) is 0 Å². The molecule has 0 aromatic heterocycles. The fourth-order valence-electron chi connectivity index (χ4n) is 0.488. The van der Waals surface area contributed by atoms with Crippen molar-refractivity contribution in [2.45, 2.75) is 13.3 Å². The van der Waals surface area contributed by atoms with Crippen LogP contribution in [0.3, 0.4) is 0 Å². The van der Waals surface area contributed by atoms with E-state index in [1.165, 1.54) is 0 Å². The van der Waals surface area contributed by atoms with Crippen molar-refractivity contribution >= 4 is 5.71 Å². The van der Waals surface area contributed by atoms with Gasteiger partial charge >= 0.3 is 0 Å². The van der Waals surface area contributed by atoms with Gasteiger partial charge in [0.2, 0.25) is 0 Å². The van der Waals surface area contributed by atoms with Gasteiger partial charge in [0.15, 0.2) is 0 Å². The lowest BCUT2D eigenvalue weighted by atomic mass is 10.3. The maximum Gasteiger partial charge on any atom is 0.0477 e. The summed E-state index contributed by atoms with van der Waals surface area (Å²) in [6.07, 6.45) is 5.05. The molecule has 0 amide bonds. The molecule has 0 saturated carbocycles. The Balaban J connectivity index is 3.70. The maximum atomic E-state index is 5.34. The lowest BCUT2D eigenvalue weighted by Gasteiger charge is -1.90. The van der Waals surface area contributed by atoms with Crippen molar-refractivity contribution in [1.29, 1.82) is 0 Å². The zero-order valence-corrected chi connectivity index (χ0v) is 6.09. The Morgan fingerprint density at radius 3 is 2.67 bits per heavy atom. The summed E-state index contributed by atoms with van der Waals surface area (Å²) in [5, 5.41) is 0. The second-order valence-electron chi connectivity index (χ2n) is 1.73. The average Bonchev–Trinajstić information content (AvgIpc) is 1.91. The van der Waals surface area contributed by atoms with E-state index in [4.69, 9.17) is 5.73 Å². The van der Waals surface area contributed by atoms with E-state index in [-0.39, 0.29) is 0 Å². The standard InChI is InChI=1S/C7H14N2/c1-3-4-5-7(6-8)9-2/h4-5H,3,6,8H2,1-2H3/b5-4-,9-7?. The van der Waals surface area contributed by atoms with Crippen LogP contribution in [0.25, 0.3) is 0 Å². The molecule has 2 N–H and O–H groups in total. The largest absolute Gasteiger partial charge is 0.325 e. The van der Waals surface area contributed by atoms with Crippen molar-refractivity contribution in [1.82, 2.24) is 0 Å². The molecule has 0 spiro atoms. The third-order valence-corrected chi connectivity index (χ3v) is 1.04. The first-order valence-corrected chi connectivity index (χ1v) is 3.17. The van der Waals surface area contributed by atoms with E-state index in [1.54, 1.807) is 7.05 Å². The number of hydrogen-bond acceptors (Lipinski definition) is 2. The molecule has 0 atom stereocenters. The number of aliphatic imine (C=N–C) groups is 1. The van der Waals surface area contributed by atoms with Crippen LogP contribution in [-0.2, 0) is 0 Å². The Bertz CT molecular complexity index is 114. The molecule has 0 aliphatic heterocycles. The Morgan fingerprint density at radius 1 is 1.67 bits per heavy atom. The zero-order valence-electron chi connectivity index (χ0n) is 6.09. The van der Waals surface area contributed by atoms with Gasteiger partial charge in [-0.3, -0.25) is 4.99 Å². The van der Waals surface area contributed by atoms with Gasteiger partial charge in [0.25, 0.3) is 0 Å². The van der Waals surface area contributed by atoms with E-state index in [1.807, 2.05) is 6.08 Å². The number of allylic oxidation sites excluding steroid dienone is 1. The minimum Gasteiger partial charge on any atom is -0.325 e. The molecule has 0 aromatic carbocycles. The van der Waals surface area contributed by atoms with Crippen molar-refractivity contribution in [3.05, 3.63) is 12.2 Å². The second-order valence-corrected chi connectivity index (χ2v) is 1.73. The molecule has 0 radical (unpaired) electrons. The molecule has 0 aromatic rings. The van der Waals surface area contributed by atoms with Gasteiger partial charge in [0.1, 0.15) is 0 Å². The molecule has 0 rings (SSSR count). The van der Waals surface area contributed by atoms with Crippen molar-refractivity contribution in [3.63, 3.8) is 0 Å². The first kappa shape index (κ1) is 8.37. The third-order valence-electron chi connectivity index (χ3n) is 1.04. The van der Waals surface area contributed by atoms with Gasteiger partial charge in [0, 0.05) is 19.3 Å². The summed E-state index contributed by atoms with van der Waals surface area (Å²) in [5.74, 6) is 0. The number of hydrogen-bond donors (Lipinski definition) is 1. The van der Waals surface area contributed by atoms with Crippen LogP contribution in [0.15, 0.2) is 17.1 Å². The highest BCUT2D eigenvalue weighted by Gasteiger charge is 1.83. The summed E-state index contributed by atoms with van der Waals surface area (Å²) < 4.78 is 0. The summed E-state index contributed by atoms with van der Waals surface area (Å²) in [6, 6.07) is 0. The SMILES string of the molecule is CC/C=C\C(CN)=NC. The molecule has 0 aliphatic rings. The topological polar surface area (TPSA) is 38.4 Å². The van der Waals surface area contributed by atoms with Gasteiger partial charge in [-0.15, -0.1) is 0 Å². The van der Waals surface area contributed by atoms with Crippen LogP contribution in [-0.4, -0.2) is 19.3 Å². The van der Waals surface area contributed by atoms with Gasteiger partial charge in [-0.1, -0.05) is 13.0 Å². The maximum absolute atomic E-state index is 5.34. The van der Waals surface area contributed by atoms with Gasteiger partial charge in [-0.25, -0.2) is 0 Å². The minimum atomic E-state index is 0.535. The first-order valence-electron chi connectivity index (χ1n) is 3.17. The zero-order chi connectivity index (χ0) is 7.11. The van der Waals surface area contributed by atoms with Crippen molar-refractivity contribution in [3.8, 4) is 0 Å². The molecule has 0 aliphatic carbocycles. The first-order chi connectivity index (χ1) is 4.35. The van der Waals surface area contributed by atoms with Crippen LogP contribution in [0.5, 0.6) is 0 Å². The molecule has 0 fully saturated rings. The highest BCUT2D eigenvalue weighted by atomic mass is 14.7. The Morgan fingerprint density at radius 2 is 2.33 bits per heavy atom. The van der Waals surface area contributed by atoms with E-state index in [0.29, 0.717) is 6.54 Å². The van der Waals surface area contributed by atoms with Gasteiger partial charge < -0.3 is 5.73 Å². The monoisotopic (exact) mass is 126 g/mol. The Labute approximate surface area is 56.5 Å². The molecule has 0 saturated heterocycles. The van der Waals surface area contributed by atoms with E-state index >= 15 is 0 Å². The molecule has 2 nitrogen and oxygen atoms in total. The quantitative estimate of drug-likeness (QED) is 0.562. The number of nitrogens with zero attached hydrogens (tertiary/aromatic N) is 1. The van der Waals surface area contributed by atoms with Crippen LogP contribution in [0.2, 0.25) is 0 Å². The summed E-state index contributed by atoms with van der Waals surface area (Å²) in [6.45, 7) is 2.62. The van der Waals surface area contributed by atoms with Crippen molar-refractivity contribution in [2.24, 2.45) is 10.7 Å². The molecule has 2 heteroatoms. The Hall–Kier alpha value is -0.630. The van der Waals surface area contributed by atoms with Crippen molar-refractivity contribution < 1.29 is 0 Å². The predicted molar refractivity (Wildman–Crippen MR) is 41.8 cm³/mol. The minimum absolute atomic E-state index is 0.535. The van der Waals surface area contributed by atoms with E-state index in [9.17, 15) is 0 Å². The summed E-state index contributed by atoms with van der Waals surface area (Å²) in [4.78, 5) is 3.95. The highest BCUT2D eigenvalue weighted by Crippen LogP contribution is 1.81. The third kappa shape index (κ3) is 3.91.